The van der Waals surface area contributed by atoms with Crippen molar-refractivity contribution >= 4 is 5.91 Å². The van der Waals surface area contributed by atoms with Gasteiger partial charge in [0, 0.05) is 24.7 Å². The summed E-state index contributed by atoms with van der Waals surface area (Å²) >= 11 is 0. The van der Waals surface area contributed by atoms with Crippen LogP contribution >= 0.6 is 0 Å². The van der Waals surface area contributed by atoms with Crippen molar-refractivity contribution in [2.45, 2.75) is 6.18 Å². The normalized spacial score (nSPS) is 11.0. The number of nitrogens with one attached hydrogen (secondary N) is 1. The van der Waals surface area contributed by atoms with Gasteiger partial charge in [-0.15, -0.1) is 0 Å². The predicted octanol–water partition coefficient (Wildman–Crippen LogP) is 1.70. The average Bonchev–Trinajstić information content (AvgIpc) is 2.52. The van der Waals surface area contributed by atoms with Crippen molar-refractivity contribution in [2.24, 2.45) is 0 Å². The summed E-state index contributed by atoms with van der Waals surface area (Å²) in [4.78, 5) is 22.7. The fourth-order valence-corrected chi connectivity index (χ4v) is 1.46. The highest BCUT2D eigenvalue weighted by Crippen LogP contribution is 2.29. The lowest BCUT2D eigenvalue weighted by molar-refractivity contribution is -0.137. The zero-order valence-electron chi connectivity index (χ0n) is 11.2. The maximum atomic E-state index is 12.3. The monoisotopic (exact) mass is 312 g/mol. The Morgan fingerprint density at radius 2 is 2.00 bits per heavy atom. The molecular weight excluding hydrogens is 301 g/mol. The summed E-state index contributed by atoms with van der Waals surface area (Å²) in [6, 6.07) is 1.99. The van der Waals surface area contributed by atoms with Crippen LogP contribution < -0.4 is 10.1 Å². The minimum atomic E-state index is -4.43. The van der Waals surface area contributed by atoms with E-state index in [-0.39, 0.29) is 24.7 Å². The molecule has 0 atom stereocenters. The van der Waals surface area contributed by atoms with Crippen molar-refractivity contribution in [1.29, 1.82) is 0 Å². The van der Waals surface area contributed by atoms with Crippen LogP contribution in [0, 0.1) is 0 Å². The molecule has 2 aromatic rings. The highest BCUT2D eigenvalue weighted by atomic mass is 19.4. The van der Waals surface area contributed by atoms with Crippen LogP contribution in [0.5, 0.6) is 5.88 Å². The zero-order chi connectivity index (χ0) is 16.0. The van der Waals surface area contributed by atoms with Crippen molar-refractivity contribution < 1.29 is 22.7 Å². The maximum Gasteiger partial charge on any atom is 0.417 e. The Kier molecular flexibility index (Phi) is 4.87. The van der Waals surface area contributed by atoms with Gasteiger partial charge in [-0.3, -0.25) is 9.78 Å². The molecule has 22 heavy (non-hydrogen) atoms. The van der Waals surface area contributed by atoms with Crippen molar-refractivity contribution in [1.82, 2.24) is 20.3 Å². The molecule has 1 amide bonds. The van der Waals surface area contributed by atoms with Crippen LogP contribution in [0.2, 0.25) is 0 Å². The van der Waals surface area contributed by atoms with Gasteiger partial charge in [-0.1, -0.05) is 0 Å². The molecule has 0 spiro atoms. The molecule has 6 nitrogen and oxygen atoms in total. The van der Waals surface area contributed by atoms with E-state index in [4.69, 9.17) is 4.74 Å². The number of ether oxygens (including phenoxy) is 1. The van der Waals surface area contributed by atoms with E-state index < -0.39 is 17.6 Å². The Morgan fingerprint density at radius 3 is 2.59 bits per heavy atom. The Morgan fingerprint density at radius 1 is 1.18 bits per heavy atom. The Labute approximate surface area is 123 Å². The van der Waals surface area contributed by atoms with Crippen LogP contribution in [0.15, 0.2) is 36.9 Å². The van der Waals surface area contributed by atoms with Gasteiger partial charge in [-0.25, -0.2) is 9.97 Å². The molecule has 0 aliphatic heterocycles. The topological polar surface area (TPSA) is 77.0 Å². The molecule has 0 unspecified atom stereocenters. The number of nitrogens with zero attached hydrogens (tertiary/aromatic N) is 3. The minimum absolute atomic E-state index is 0.0433. The number of rotatable bonds is 5. The molecule has 2 aromatic heterocycles. The van der Waals surface area contributed by atoms with Crippen molar-refractivity contribution in [3.63, 3.8) is 0 Å². The summed E-state index contributed by atoms with van der Waals surface area (Å²) < 4.78 is 42.1. The van der Waals surface area contributed by atoms with Gasteiger partial charge in [0.15, 0.2) is 0 Å². The lowest BCUT2D eigenvalue weighted by Crippen LogP contribution is -2.28. The number of carbonyl (C=O) groups excluding carboxylic acids is 1. The molecule has 0 bridgehead atoms. The number of pyridine rings is 1. The number of hydrogen-bond donors (Lipinski definition) is 1. The number of aromatic nitrogens is 3. The van der Waals surface area contributed by atoms with Gasteiger partial charge < -0.3 is 10.1 Å². The van der Waals surface area contributed by atoms with E-state index >= 15 is 0 Å². The van der Waals surface area contributed by atoms with Crippen molar-refractivity contribution in [3.05, 3.63) is 48.2 Å². The molecule has 9 heteroatoms. The second-order valence-corrected chi connectivity index (χ2v) is 4.08. The Hall–Kier alpha value is -2.71. The molecular formula is C13H11F3N4O2. The van der Waals surface area contributed by atoms with Crippen LogP contribution in [0.25, 0.3) is 0 Å². The summed E-state index contributed by atoms with van der Waals surface area (Å²) in [5.74, 6) is -0.376. The third-order valence-corrected chi connectivity index (χ3v) is 2.50. The molecule has 0 saturated carbocycles. The molecule has 2 heterocycles. The van der Waals surface area contributed by atoms with Gasteiger partial charge >= 0.3 is 6.18 Å². The fourth-order valence-electron chi connectivity index (χ4n) is 1.46. The second-order valence-electron chi connectivity index (χ2n) is 4.08. The van der Waals surface area contributed by atoms with E-state index in [1.807, 2.05) is 0 Å². The SMILES string of the molecule is O=C(NCCOc1ccc(C(F)(F)F)cn1)c1cnccn1. The van der Waals surface area contributed by atoms with Crippen molar-refractivity contribution in [3.8, 4) is 5.88 Å². The van der Waals surface area contributed by atoms with Crippen LogP contribution in [0.4, 0.5) is 13.2 Å². The standard InChI is InChI=1S/C13H11F3N4O2/c14-13(15,16)9-1-2-11(20-7-9)22-6-5-19-12(21)10-8-17-3-4-18-10/h1-4,7-8H,5-6H2,(H,19,21). The van der Waals surface area contributed by atoms with E-state index in [1.165, 1.54) is 18.6 Å². The molecule has 1 N–H and O–H groups in total. The average molecular weight is 312 g/mol. The van der Waals surface area contributed by atoms with Crippen LogP contribution in [-0.4, -0.2) is 34.0 Å². The van der Waals surface area contributed by atoms with E-state index in [1.54, 1.807) is 0 Å². The molecule has 0 aliphatic rings. The molecule has 0 fully saturated rings. The third kappa shape index (κ3) is 4.40. The predicted molar refractivity (Wildman–Crippen MR) is 69.1 cm³/mol. The van der Waals surface area contributed by atoms with E-state index in [9.17, 15) is 18.0 Å². The minimum Gasteiger partial charge on any atom is -0.476 e. The first-order valence-electron chi connectivity index (χ1n) is 6.17. The molecule has 0 aromatic carbocycles. The first kappa shape index (κ1) is 15.7. The van der Waals surface area contributed by atoms with E-state index in [0.717, 1.165) is 12.1 Å². The van der Waals surface area contributed by atoms with Gasteiger partial charge in [0.25, 0.3) is 5.91 Å². The molecule has 116 valence electrons. The summed E-state index contributed by atoms with van der Waals surface area (Å²) in [5.41, 5.74) is -0.689. The highest BCUT2D eigenvalue weighted by Gasteiger charge is 2.30. The van der Waals surface area contributed by atoms with Crippen LogP contribution in [-0.2, 0) is 6.18 Å². The number of halogens is 3. The summed E-state index contributed by atoms with van der Waals surface area (Å²) in [6.45, 7) is 0.211. The van der Waals surface area contributed by atoms with Gasteiger partial charge in [0.2, 0.25) is 5.88 Å². The van der Waals surface area contributed by atoms with Gasteiger partial charge in [-0.2, -0.15) is 13.2 Å². The van der Waals surface area contributed by atoms with Crippen LogP contribution in [0.3, 0.4) is 0 Å². The Bertz CT molecular complexity index is 617. The van der Waals surface area contributed by atoms with Crippen LogP contribution in [0.1, 0.15) is 16.1 Å². The quantitative estimate of drug-likeness (QED) is 0.850. The second kappa shape index (κ2) is 6.83. The largest absolute Gasteiger partial charge is 0.476 e. The Balaban J connectivity index is 1.76. The zero-order valence-corrected chi connectivity index (χ0v) is 11.2. The van der Waals surface area contributed by atoms with Gasteiger partial charge in [-0.05, 0) is 6.07 Å². The molecule has 0 aliphatic carbocycles. The number of hydrogen-bond acceptors (Lipinski definition) is 5. The molecule has 0 saturated heterocycles. The smallest absolute Gasteiger partial charge is 0.417 e. The first-order valence-corrected chi connectivity index (χ1v) is 6.17. The first-order chi connectivity index (χ1) is 10.5. The molecule has 2 rings (SSSR count). The third-order valence-electron chi connectivity index (χ3n) is 2.50. The van der Waals surface area contributed by atoms with E-state index in [0.29, 0.717) is 6.20 Å². The lowest BCUT2D eigenvalue weighted by atomic mass is 10.3. The number of carbonyl (C=O) groups is 1. The number of amides is 1. The lowest BCUT2D eigenvalue weighted by Gasteiger charge is -2.08. The maximum absolute atomic E-state index is 12.3. The summed E-state index contributed by atoms with van der Waals surface area (Å²) in [5, 5.41) is 2.53. The summed E-state index contributed by atoms with van der Waals surface area (Å²) in [7, 11) is 0. The van der Waals surface area contributed by atoms with Crippen molar-refractivity contribution in [2.75, 3.05) is 13.2 Å². The number of alkyl halides is 3. The molecule has 0 radical (unpaired) electrons. The highest BCUT2D eigenvalue weighted by molar-refractivity contribution is 5.91. The summed E-state index contributed by atoms with van der Waals surface area (Å²) in [6.07, 6.45) is 0.394. The van der Waals surface area contributed by atoms with E-state index in [2.05, 4.69) is 20.3 Å². The van der Waals surface area contributed by atoms with Gasteiger partial charge in [0.05, 0.1) is 18.3 Å². The van der Waals surface area contributed by atoms with Gasteiger partial charge in [0.1, 0.15) is 12.3 Å². The fraction of sp³-hybridized carbons (Fsp3) is 0.231.